The SMILES string of the molecule is N#Cc1ccccc1S(=O)(=O)N1CCN(c2nc(-c3ccc(Cl)cc3Cl)cs2)CC1. The normalized spacial score (nSPS) is 15.2. The molecule has 2 heterocycles. The van der Waals surface area contributed by atoms with Gasteiger partial charge in [-0.25, -0.2) is 13.4 Å². The molecular formula is C20H16Cl2N4O2S2. The maximum absolute atomic E-state index is 13.0. The van der Waals surface area contributed by atoms with Crippen molar-refractivity contribution < 1.29 is 8.42 Å². The Morgan fingerprint density at radius 3 is 2.50 bits per heavy atom. The topological polar surface area (TPSA) is 77.3 Å². The van der Waals surface area contributed by atoms with Gasteiger partial charge < -0.3 is 4.90 Å². The molecule has 10 heteroatoms. The molecule has 3 aromatic rings. The molecule has 0 amide bonds. The maximum Gasteiger partial charge on any atom is 0.244 e. The highest BCUT2D eigenvalue weighted by molar-refractivity contribution is 7.89. The monoisotopic (exact) mass is 478 g/mol. The second-order valence-electron chi connectivity index (χ2n) is 6.64. The van der Waals surface area contributed by atoms with Crippen LogP contribution in [-0.2, 0) is 10.0 Å². The molecule has 0 spiro atoms. The van der Waals surface area contributed by atoms with Crippen molar-refractivity contribution in [1.29, 1.82) is 5.26 Å². The predicted octanol–water partition coefficient (Wildman–Crippen LogP) is 4.50. The van der Waals surface area contributed by atoms with Crippen molar-refractivity contribution in [2.24, 2.45) is 0 Å². The lowest BCUT2D eigenvalue weighted by Gasteiger charge is -2.33. The van der Waals surface area contributed by atoms with E-state index in [9.17, 15) is 13.7 Å². The molecule has 0 N–H and O–H groups in total. The zero-order chi connectivity index (χ0) is 21.3. The number of sulfonamides is 1. The van der Waals surface area contributed by atoms with Gasteiger partial charge in [-0.2, -0.15) is 9.57 Å². The standard InChI is InChI=1S/C20H16Cl2N4O2S2/c21-15-5-6-16(17(22)11-15)18-13-29-20(24-18)25-7-9-26(10-8-25)30(27,28)19-4-2-1-3-14(19)12-23/h1-6,11,13H,7-10H2. The number of benzene rings is 2. The summed E-state index contributed by atoms with van der Waals surface area (Å²) in [5.74, 6) is 0. The predicted molar refractivity (Wildman–Crippen MR) is 120 cm³/mol. The van der Waals surface area contributed by atoms with Crippen molar-refractivity contribution in [3.63, 3.8) is 0 Å². The summed E-state index contributed by atoms with van der Waals surface area (Å²) in [6, 6.07) is 13.5. The number of rotatable bonds is 4. The highest BCUT2D eigenvalue weighted by atomic mass is 35.5. The van der Waals surface area contributed by atoms with Crippen molar-refractivity contribution in [2.45, 2.75) is 4.90 Å². The minimum atomic E-state index is -3.72. The summed E-state index contributed by atoms with van der Waals surface area (Å²) in [6.07, 6.45) is 0. The van der Waals surface area contributed by atoms with Crippen molar-refractivity contribution in [3.8, 4) is 17.3 Å². The van der Waals surface area contributed by atoms with Crippen LogP contribution in [0.25, 0.3) is 11.3 Å². The van der Waals surface area contributed by atoms with Gasteiger partial charge in [0.05, 0.1) is 21.2 Å². The lowest BCUT2D eigenvalue weighted by molar-refractivity contribution is 0.384. The largest absolute Gasteiger partial charge is 0.345 e. The second kappa shape index (κ2) is 8.53. The minimum Gasteiger partial charge on any atom is -0.345 e. The molecule has 1 aliphatic rings. The van der Waals surface area contributed by atoms with E-state index in [2.05, 4.69) is 9.88 Å². The van der Waals surface area contributed by atoms with Gasteiger partial charge in [-0.1, -0.05) is 35.3 Å². The van der Waals surface area contributed by atoms with Gasteiger partial charge in [-0.15, -0.1) is 11.3 Å². The number of piperazine rings is 1. The van der Waals surface area contributed by atoms with Crippen LogP contribution in [0.3, 0.4) is 0 Å². The fourth-order valence-electron chi connectivity index (χ4n) is 3.27. The van der Waals surface area contributed by atoms with Gasteiger partial charge in [-0.05, 0) is 30.3 Å². The summed E-state index contributed by atoms with van der Waals surface area (Å²) < 4.78 is 27.4. The molecule has 1 fully saturated rings. The lowest BCUT2D eigenvalue weighted by atomic mass is 10.2. The zero-order valence-corrected chi connectivity index (χ0v) is 18.8. The summed E-state index contributed by atoms with van der Waals surface area (Å²) in [7, 11) is -3.72. The number of nitriles is 1. The number of anilines is 1. The van der Waals surface area contributed by atoms with E-state index in [4.69, 9.17) is 23.2 Å². The number of aromatic nitrogens is 1. The Labute approximate surface area is 189 Å². The van der Waals surface area contributed by atoms with Crippen LogP contribution < -0.4 is 4.90 Å². The van der Waals surface area contributed by atoms with E-state index in [-0.39, 0.29) is 10.5 Å². The first-order chi connectivity index (χ1) is 14.4. The van der Waals surface area contributed by atoms with E-state index in [1.165, 1.54) is 27.8 Å². The van der Waals surface area contributed by atoms with Crippen LogP contribution in [0.2, 0.25) is 10.0 Å². The van der Waals surface area contributed by atoms with E-state index in [1.807, 2.05) is 17.5 Å². The molecule has 0 radical (unpaired) electrons. The molecule has 0 atom stereocenters. The number of hydrogen-bond acceptors (Lipinski definition) is 6. The first-order valence-corrected chi connectivity index (χ1v) is 12.1. The Morgan fingerprint density at radius 2 is 1.80 bits per heavy atom. The third kappa shape index (κ3) is 4.04. The molecule has 0 saturated carbocycles. The molecule has 1 saturated heterocycles. The molecule has 6 nitrogen and oxygen atoms in total. The van der Waals surface area contributed by atoms with Crippen LogP contribution >= 0.6 is 34.5 Å². The zero-order valence-electron chi connectivity index (χ0n) is 15.6. The fourth-order valence-corrected chi connectivity index (χ4v) is 6.22. The molecule has 4 rings (SSSR count). The number of halogens is 2. The van der Waals surface area contributed by atoms with Crippen molar-refractivity contribution in [3.05, 3.63) is 63.5 Å². The first-order valence-electron chi connectivity index (χ1n) is 9.05. The molecule has 2 aromatic carbocycles. The average Bonchev–Trinajstić information content (AvgIpc) is 3.23. The summed E-state index contributed by atoms with van der Waals surface area (Å²) in [5.41, 5.74) is 1.72. The molecular weight excluding hydrogens is 463 g/mol. The van der Waals surface area contributed by atoms with Gasteiger partial charge in [0, 0.05) is 42.1 Å². The molecule has 30 heavy (non-hydrogen) atoms. The number of thiazole rings is 1. The van der Waals surface area contributed by atoms with E-state index in [0.717, 1.165) is 16.4 Å². The van der Waals surface area contributed by atoms with Gasteiger partial charge in [0.1, 0.15) is 6.07 Å². The van der Waals surface area contributed by atoms with Gasteiger partial charge in [-0.3, -0.25) is 0 Å². The van der Waals surface area contributed by atoms with Crippen molar-refractivity contribution in [2.75, 3.05) is 31.1 Å². The third-order valence-electron chi connectivity index (χ3n) is 4.83. The number of nitrogens with zero attached hydrogens (tertiary/aromatic N) is 4. The lowest BCUT2D eigenvalue weighted by Crippen LogP contribution is -2.48. The molecule has 0 bridgehead atoms. The smallest absolute Gasteiger partial charge is 0.244 e. The molecule has 0 unspecified atom stereocenters. The minimum absolute atomic E-state index is 0.0508. The van der Waals surface area contributed by atoms with E-state index >= 15 is 0 Å². The quantitative estimate of drug-likeness (QED) is 0.551. The van der Waals surface area contributed by atoms with E-state index < -0.39 is 10.0 Å². The van der Waals surface area contributed by atoms with Crippen LogP contribution in [0.1, 0.15) is 5.56 Å². The Morgan fingerprint density at radius 1 is 1.07 bits per heavy atom. The van der Waals surface area contributed by atoms with Gasteiger partial charge in [0.2, 0.25) is 10.0 Å². The third-order valence-corrected chi connectivity index (χ3v) is 8.24. The Balaban J connectivity index is 1.49. The Kier molecular flexibility index (Phi) is 6.00. The highest BCUT2D eigenvalue weighted by Gasteiger charge is 2.31. The van der Waals surface area contributed by atoms with Crippen LogP contribution in [0.4, 0.5) is 5.13 Å². The summed E-state index contributed by atoms with van der Waals surface area (Å²) in [6.45, 7) is 1.65. The molecule has 1 aliphatic heterocycles. The molecule has 0 aliphatic carbocycles. The summed E-state index contributed by atoms with van der Waals surface area (Å²) >= 11 is 13.7. The van der Waals surface area contributed by atoms with Gasteiger partial charge in [0.25, 0.3) is 0 Å². The van der Waals surface area contributed by atoms with Crippen molar-refractivity contribution >= 4 is 49.7 Å². The van der Waals surface area contributed by atoms with Gasteiger partial charge in [0.15, 0.2) is 5.13 Å². The van der Waals surface area contributed by atoms with Crippen LogP contribution in [0.5, 0.6) is 0 Å². The highest BCUT2D eigenvalue weighted by Crippen LogP contribution is 2.34. The number of hydrogen-bond donors (Lipinski definition) is 0. The summed E-state index contributed by atoms with van der Waals surface area (Å²) in [4.78, 5) is 6.78. The Hall–Kier alpha value is -2.15. The van der Waals surface area contributed by atoms with Crippen LogP contribution in [0.15, 0.2) is 52.7 Å². The Bertz CT molecular complexity index is 1230. The first kappa shape index (κ1) is 21.1. The fraction of sp³-hybridized carbons (Fsp3) is 0.200. The second-order valence-corrected chi connectivity index (χ2v) is 10.2. The average molecular weight is 479 g/mol. The summed E-state index contributed by atoms with van der Waals surface area (Å²) in [5, 5.41) is 13.1. The van der Waals surface area contributed by atoms with Gasteiger partial charge >= 0.3 is 0 Å². The molecule has 154 valence electrons. The van der Waals surface area contributed by atoms with Crippen molar-refractivity contribution in [1.82, 2.24) is 9.29 Å². The van der Waals surface area contributed by atoms with E-state index in [0.29, 0.717) is 36.2 Å². The maximum atomic E-state index is 13.0. The molecule has 1 aromatic heterocycles. The van der Waals surface area contributed by atoms with Crippen LogP contribution in [0, 0.1) is 11.3 Å². The van der Waals surface area contributed by atoms with E-state index in [1.54, 1.807) is 24.3 Å². The van der Waals surface area contributed by atoms with Crippen LogP contribution in [-0.4, -0.2) is 43.9 Å².